The molecule has 0 heterocycles. The van der Waals surface area contributed by atoms with Crippen molar-refractivity contribution in [2.75, 3.05) is 26.6 Å². The SMILES string of the molecule is CCOC1CC(NC(=O)c2cc(OC)c(OC)cc2N)C1. The average molecular weight is 294 g/mol. The molecule has 0 unspecified atom stereocenters. The van der Waals surface area contributed by atoms with Crippen LogP contribution >= 0.6 is 0 Å². The molecule has 0 bridgehead atoms. The zero-order valence-corrected chi connectivity index (χ0v) is 12.6. The van der Waals surface area contributed by atoms with Crippen LogP contribution in [0.5, 0.6) is 11.5 Å². The second-order valence-electron chi connectivity index (χ2n) is 5.01. The van der Waals surface area contributed by atoms with Crippen LogP contribution in [-0.2, 0) is 4.74 Å². The third-order valence-electron chi connectivity index (χ3n) is 3.63. The second-order valence-corrected chi connectivity index (χ2v) is 5.01. The van der Waals surface area contributed by atoms with Crippen molar-refractivity contribution < 1.29 is 19.0 Å². The van der Waals surface area contributed by atoms with Crippen LogP contribution in [0.15, 0.2) is 12.1 Å². The summed E-state index contributed by atoms with van der Waals surface area (Å²) in [4.78, 5) is 12.3. The number of carbonyl (C=O) groups is 1. The fourth-order valence-electron chi connectivity index (χ4n) is 2.41. The molecular weight excluding hydrogens is 272 g/mol. The van der Waals surface area contributed by atoms with Gasteiger partial charge in [-0.1, -0.05) is 0 Å². The van der Waals surface area contributed by atoms with Gasteiger partial charge in [-0.2, -0.15) is 0 Å². The van der Waals surface area contributed by atoms with Gasteiger partial charge in [-0.3, -0.25) is 4.79 Å². The minimum atomic E-state index is -0.201. The molecule has 1 saturated carbocycles. The molecular formula is C15H22N2O4. The highest BCUT2D eigenvalue weighted by molar-refractivity contribution is 6.00. The first-order valence-electron chi connectivity index (χ1n) is 7.03. The monoisotopic (exact) mass is 294 g/mol. The zero-order valence-electron chi connectivity index (χ0n) is 12.6. The van der Waals surface area contributed by atoms with Crippen LogP contribution in [0.2, 0.25) is 0 Å². The van der Waals surface area contributed by atoms with Gasteiger partial charge in [0.15, 0.2) is 11.5 Å². The van der Waals surface area contributed by atoms with E-state index < -0.39 is 0 Å². The lowest BCUT2D eigenvalue weighted by atomic mass is 9.89. The molecule has 0 aliphatic heterocycles. The van der Waals surface area contributed by atoms with E-state index in [1.165, 1.54) is 14.2 Å². The minimum absolute atomic E-state index is 0.140. The Morgan fingerprint density at radius 1 is 1.29 bits per heavy atom. The molecule has 6 heteroatoms. The van der Waals surface area contributed by atoms with Gasteiger partial charge in [-0.25, -0.2) is 0 Å². The van der Waals surface area contributed by atoms with E-state index in [4.69, 9.17) is 19.9 Å². The Kier molecular flexibility index (Phi) is 4.90. The molecule has 21 heavy (non-hydrogen) atoms. The number of carbonyl (C=O) groups excluding carboxylic acids is 1. The Morgan fingerprint density at radius 2 is 1.90 bits per heavy atom. The number of nitrogens with two attached hydrogens (primary N) is 1. The summed E-state index contributed by atoms with van der Waals surface area (Å²) < 4.78 is 15.8. The third-order valence-corrected chi connectivity index (χ3v) is 3.63. The summed E-state index contributed by atoms with van der Waals surface area (Å²) in [6.45, 7) is 2.67. The van der Waals surface area contributed by atoms with Crippen LogP contribution in [0.25, 0.3) is 0 Å². The van der Waals surface area contributed by atoms with Crippen LogP contribution < -0.4 is 20.5 Å². The van der Waals surface area contributed by atoms with Gasteiger partial charge in [-0.15, -0.1) is 0 Å². The van der Waals surface area contributed by atoms with Gasteiger partial charge in [0.25, 0.3) is 5.91 Å². The highest BCUT2D eigenvalue weighted by Crippen LogP contribution is 2.32. The van der Waals surface area contributed by atoms with E-state index in [0.29, 0.717) is 29.4 Å². The lowest BCUT2D eigenvalue weighted by Gasteiger charge is -2.35. The number of rotatable bonds is 6. The summed E-state index contributed by atoms with van der Waals surface area (Å²) in [7, 11) is 3.05. The van der Waals surface area contributed by atoms with E-state index in [0.717, 1.165) is 12.8 Å². The van der Waals surface area contributed by atoms with Gasteiger partial charge < -0.3 is 25.3 Å². The van der Waals surface area contributed by atoms with Crippen molar-refractivity contribution in [3.05, 3.63) is 17.7 Å². The molecule has 0 radical (unpaired) electrons. The van der Waals surface area contributed by atoms with Crippen molar-refractivity contribution in [2.45, 2.75) is 31.9 Å². The number of benzene rings is 1. The normalized spacial score (nSPS) is 20.5. The maximum absolute atomic E-state index is 12.3. The summed E-state index contributed by atoms with van der Waals surface area (Å²) >= 11 is 0. The molecule has 0 aromatic heterocycles. The van der Waals surface area contributed by atoms with Crippen molar-refractivity contribution in [1.29, 1.82) is 0 Å². The van der Waals surface area contributed by atoms with Crippen LogP contribution in [0, 0.1) is 0 Å². The van der Waals surface area contributed by atoms with Crippen molar-refractivity contribution >= 4 is 11.6 Å². The molecule has 0 saturated heterocycles. The molecule has 1 amide bonds. The first-order valence-corrected chi connectivity index (χ1v) is 7.03. The van der Waals surface area contributed by atoms with Crippen molar-refractivity contribution in [3.63, 3.8) is 0 Å². The Morgan fingerprint density at radius 3 is 2.48 bits per heavy atom. The van der Waals surface area contributed by atoms with E-state index in [1.54, 1.807) is 12.1 Å². The Bertz CT molecular complexity index is 513. The van der Waals surface area contributed by atoms with Crippen LogP contribution in [0.4, 0.5) is 5.69 Å². The molecule has 1 aromatic rings. The molecule has 0 spiro atoms. The molecule has 116 valence electrons. The van der Waals surface area contributed by atoms with Gasteiger partial charge in [0, 0.05) is 24.4 Å². The van der Waals surface area contributed by atoms with Gasteiger partial charge in [-0.05, 0) is 25.8 Å². The number of anilines is 1. The quantitative estimate of drug-likeness (QED) is 0.778. The van der Waals surface area contributed by atoms with E-state index >= 15 is 0 Å². The maximum Gasteiger partial charge on any atom is 0.253 e. The highest BCUT2D eigenvalue weighted by Gasteiger charge is 2.31. The summed E-state index contributed by atoms with van der Waals surface area (Å²) in [5.74, 6) is 0.789. The zero-order chi connectivity index (χ0) is 15.4. The lowest BCUT2D eigenvalue weighted by molar-refractivity contribution is -0.00861. The number of nitrogens with one attached hydrogen (secondary N) is 1. The number of ether oxygens (including phenoxy) is 3. The summed E-state index contributed by atoms with van der Waals surface area (Å²) in [5, 5.41) is 2.96. The van der Waals surface area contributed by atoms with Crippen LogP contribution in [0.1, 0.15) is 30.1 Å². The minimum Gasteiger partial charge on any atom is -0.493 e. The van der Waals surface area contributed by atoms with E-state index in [9.17, 15) is 4.79 Å². The molecule has 3 N–H and O–H groups in total. The van der Waals surface area contributed by atoms with E-state index in [-0.39, 0.29) is 18.1 Å². The van der Waals surface area contributed by atoms with Crippen LogP contribution in [0.3, 0.4) is 0 Å². The third kappa shape index (κ3) is 3.39. The number of hydrogen-bond donors (Lipinski definition) is 2. The predicted octanol–water partition coefficient (Wildman–Crippen LogP) is 1.58. The maximum atomic E-state index is 12.3. The second kappa shape index (κ2) is 6.67. The largest absolute Gasteiger partial charge is 0.493 e. The number of hydrogen-bond acceptors (Lipinski definition) is 5. The molecule has 1 aliphatic carbocycles. The van der Waals surface area contributed by atoms with Crippen molar-refractivity contribution in [1.82, 2.24) is 5.32 Å². The average Bonchev–Trinajstić information content (AvgIpc) is 2.44. The molecule has 1 aromatic carbocycles. The molecule has 1 fully saturated rings. The Labute approximate surface area is 124 Å². The topological polar surface area (TPSA) is 82.8 Å². The van der Waals surface area contributed by atoms with E-state index in [2.05, 4.69) is 5.32 Å². The fraction of sp³-hybridized carbons (Fsp3) is 0.533. The first kappa shape index (κ1) is 15.4. The Hall–Kier alpha value is -1.95. The summed E-state index contributed by atoms with van der Waals surface area (Å²) in [6.07, 6.45) is 1.93. The lowest BCUT2D eigenvalue weighted by Crippen LogP contribution is -2.47. The Balaban J connectivity index is 2.03. The van der Waals surface area contributed by atoms with E-state index in [1.807, 2.05) is 6.92 Å². The highest BCUT2D eigenvalue weighted by atomic mass is 16.5. The summed E-state index contributed by atoms with van der Waals surface area (Å²) in [5.41, 5.74) is 6.67. The first-order chi connectivity index (χ1) is 10.1. The molecule has 6 nitrogen and oxygen atoms in total. The summed E-state index contributed by atoms with van der Waals surface area (Å²) in [6, 6.07) is 3.33. The molecule has 0 atom stereocenters. The molecule has 2 rings (SSSR count). The standard InChI is InChI=1S/C15H22N2O4/c1-4-21-10-5-9(6-10)17-15(18)11-7-13(19-2)14(20-3)8-12(11)16/h7-10H,4-6,16H2,1-3H3,(H,17,18). The predicted molar refractivity (Wildman–Crippen MR) is 79.9 cm³/mol. The van der Waals surface area contributed by atoms with Crippen molar-refractivity contribution in [3.8, 4) is 11.5 Å². The van der Waals surface area contributed by atoms with Gasteiger partial charge >= 0.3 is 0 Å². The fourth-order valence-corrected chi connectivity index (χ4v) is 2.41. The number of nitrogen functional groups attached to an aromatic ring is 1. The van der Waals surface area contributed by atoms with Crippen LogP contribution in [-0.4, -0.2) is 38.9 Å². The van der Waals surface area contributed by atoms with Crippen molar-refractivity contribution in [2.24, 2.45) is 0 Å². The van der Waals surface area contributed by atoms with Gasteiger partial charge in [0.2, 0.25) is 0 Å². The van der Waals surface area contributed by atoms with Gasteiger partial charge in [0.05, 0.1) is 25.9 Å². The number of amides is 1. The van der Waals surface area contributed by atoms with Gasteiger partial charge in [0.1, 0.15) is 0 Å². The number of methoxy groups -OCH3 is 2. The smallest absolute Gasteiger partial charge is 0.253 e. The molecule has 1 aliphatic rings.